The molecule has 1 nitrogen and oxygen atoms in total. The number of halogens is 4. The van der Waals surface area contributed by atoms with Crippen molar-refractivity contribution in [3.63, 3.8) is 0 Å². The fourth-order valence-corrected chi connectivity index (χ4v) is 4.05. The maximum atomic E-state index is 14.8. The Morgan fingerprint density at radius 2 is 1.46 bits per heavy atom. The Balaban J connectivity index is 1.56. The van der Waals surface area contributed by atoms with Gasteiger partial charge in [-0.25, -0.2) is 13.2 Å². The third-order valence-electron chi connectivity index (χ3n) is 6.03. The third kappa shape index (κ3) is 7.71. The van der Waals surface area contributed by atoms with Gasteiger partial charge in [0.15, 0.2) is 11.6 Å². The second-order valence-corrected chi connectivity index (χ2v) is 8.68. The summed E-state index contributed by atoms with van der Waals surface area (Å²) in [7, 11) is 0. The van der Waals surface area contributed by atoms with Gasteiger partial charge in [-0.3, -0.25) is 0 Å². The largest absolute Gasteiger partial charge is 0.491 e. The highest BCUT2D eigenvalue weighted by molar-refractivity contribution is 5.64. The molecule has 186 valence electrons. The van der Waals surface area contributed by atoms with E-state index in [1.807, 2.05) is 18.2 Å². The molecule has 0 unspecified atom stereocenters. The maximum Gasteiger partial charge on any atom is 0.200 e. The Labute approximate surface area is 205 Å². The van der Waals surface area contributed by atoms with Crippen molar-refractivity contribution in [2.75, 3.05) is 6.61 Å². The molecule has 0 aliphatic carbocycles. The van der Waals surface area contributed by atoms with E-state index in [0.717, 1.165) is 43.2 Å². The summed E-state index contributed by atoms with van der Waals surface area (Å²) in [5, 5.41) is 0. The molecule has 0 bridgehead atoms. The van der Waals surface area contributed by atoms with Gasteiger partial charge >= 0.3 is 0 Å². The molecule has 0 saturated heterocycles. The van der Waals surface area contributed by atoms with Gasteiger partial charge in [0, 0.05) is 0 Å². The van der Waals surface area contributed by atoms with Gasteiger partial charge < -0.3 is 4.74 Å². The first kappa shape index (κ1) is 26.5. The number of allylic oxidation sites excluding steroid dienone is 2. The Hall–Kier alpha value is -3.08. The molecular weight excluding hydrogens is 452 g/mol. The van der Waals surface area contributed by atoms with Crippen molar-refractivity contribution in [3.05, 3.63) is 101 Å². The van der Waals surface area contributed by atoms with Crippen LogP contribution < -0.4 is 4.74 Å². The Kier molecular flexibility index (Phi) is 9.95. The minimum atomic E-state index is -1.01. The van der Waals surface area contributed by atoms with Crippen LogP contribution in [-0.2, 0) is 19.3 Å². The van der Waals surface area contributed by atoms with Gasteiger partial charge in [-0.05, 0) is 92.3 Å². The first-order valence-corrected chi connectivity index (χ1v) is 12.2. The molecule has 0 fully saturated rings. The molecule has 5 heteroatoms. The monoisotopic (exact) mass is 484 g/mol. The highest BCUT2D eigenvalue weighted by Gasteiger charge is 2.15. The zero-order valence-electron chi connectivity index (χ0n) is 20.4. The van der Waals surface area contributed by atoms with Gasteiger partial charge in [0.25, 0.3) is 0 Å². The van der Waals surface area contributed by atoms with E-state index in [2.05, 4.69) is 12.1 Å². The van der Waals surface area contributed by atoms with Crippen molar-refractivity contribution >= 4 is 0 Å². The molecular formula is C30H32F4O. The molecule has 3 aromatic rings. The molecule has 0 heterocycles. The van der Waals surface area contributed by atoms with Crippen LogP contribution in [0.2, 0.25) is 0 Å². The van der Waals surface area contributed by atoms with Crippen LogP contribution in [0.25, 0.3) is 11.1 Å². The van der Waals surface area contributed by atoms with E-state index in [1.54, 1.807) is 19.1 Å². The molecule has 3 rings (SSSR count). The van der Waals surface area contributed by atoms with Crippen LogP contribution in [0.3, 0.4) is 0 Å². The highest BCUT2D eigenvalue weighted by atomic mass is 19.2. The summed E-state index contributed by atoms with van der Waals surface area (Å²) in [6.07, 6.45) is 6.86. The normalized spacial score (nSPS) is 11.7. The molecule has 0 aliphatic rings. The smallest absolute Gasteiger partial charge is 0.200 e. The molecule has 0 spiro atoms. The lowest BCUT2D eigenvalue weighted by molar-refractivity contribution is 0.313. The zero-order chi connectivity index (χ0) is 25.2. The van der Waals surface area contributed by atoms with Gasteiger partial charge in [0.1, 0.15) is 5.82 Å². The fourth-order valence-electron chi connectivity index (χ4n) is 4.05. The fraction of sp³-hybridized carbons (Fsp3) is 0.333. The molecule has 35 heavy (non-hydrogen) atoms. The van der Waals surface area contributed by atoms with E-state index in [9.17, 15) is 17.6 Å². The SMILES string of the molecule is CCOc1ccc(CCc2ccc(-c3ccc(CCCCC/C=C(/C)F)cc3)cc2F)c(F)c1F. The van der Waals surface area contributed by atoms with Crippen molar-refractivity contribution < 1.29 is 22.3 Å². The van der Waals surface area contributed by atoms with Gasteiger partial charge in [0.05, 0.1) is 12.4 Å². The first-order valence-electron chi connectivity index (χ1n) is 12.2. The van der Waals surface area contributed by atoms with Crippen molar-refractivity contribution in [2.24, 2.45) is 0 Å². The molecule has 0 aromatic heterocycles. The quantitative estimate of drug-likeness (QED) is 0.184. The van der Waals surface area contributed by atoms with Crippen molar-refractivity contribution in [3.8, 4) is 16.9 Å². The molecule has 0 aliphatic heterocycles. The molecule has 0 radical (unpaired) electrons. The predicted octanol–water partition coefficient (Wildman–Crippen LogP) is 8.93. The topological polar surface area (TPSA) is 9.23 Å². The van der Waals surface area contributed by atoms with Crippen molar-refractivity contribution in [1.82, 2.24) is 0 Å². The van der Waals surface area contributed by atoms with E-state index >= 15 is 0 Å². The Morgan fingerprint density at radius 3 is 2.14 bits per heavy atom. The lowest BCUT2D eigenvalue weighted by Crippen LogP contribution is -2.02. The standard InChI is InChI=1S/C30H32F4O/c1-3-35-28-19-18-25(29(33)30(28)34)16-14-24-15-17-26(20-27(24)32)23-12-10-22(11-13-23)9-7-5-4-6-8-21(2)31/h8,10-13,15,17-20H,3-7,9,14,16H2,1-2H3/b21-8-. The summed E-state index contributed by atoms with van der Waals surface area (Å²) < 4.78 is 60.9. The molecule has 0 atom stereocenters. The van der Waals surface area contributed by atoms with Crippen molar-refractivity contribution in [1.29, 1.82) is 0 Å². The zero-order valence-corrected chi connectivity index (χ0v) is 20.4. The maximum absolute atomic E-state index is 14.8. The number of aryl methyl sites for hydroxylation is 3. The summed E-state index contributed by atoms with van der Waals surface area (Å²) in [5.74, 6) is -2.55. The number of benzene rings is 3. The van der Waals surface area contributed by atoms with Crippen LogP contribution in [0.4, 0.5) is 17.6 Å². The van der Waals surface area contributed by atoms with E-state index in [4.69, 9.17) is 4.74 Å². The van der Waals surface area contributed by atoms with Crippen molar-refractivity contribution in [2.45, 2.75) is 58.8 Å². The number of hydrogen-bond acceptors (Lipinski definition) is 1. The first-order chi connectivity index (χ1) is 16.9. The number of ether oxygens (including phenoxy) is 1. The van der Waals surface area contributed by atoms with E-state index < -0.39 is 11.6 Å². The molecule has 0 saturated carbocycles. The Morgan fingerprint density at radius 1 is 0.771 bits per heavy atom. The average Bonchev–Trinajstić information content (AvgIpc) is 2.84. The minimum Gasteiger partial charge on any atom is -0.491 e. The predicted molar refractivity (Wildman–Crippen MR) is 134 cm³/mol. The van der Waals surface area contributed by atoms with Gasteiger partial charge in [-0.2, -0.15) is 4.39 Å². The number of unbranched alkanes of at least 4 members (excludes halogenated alkanes) is 3. The Bertz CT molecular complexity index is 1130. The van der Waals surface area contributed by atoms with Crippen LogP contribution in [-0.4, -0.2) is 6.61 Å². The third-order valence-corrected chi connectivity index (χ3v) is 6.03. The van der Waals surface area contributed by atoms with Gasteiger partial charge in [-0.15, -0.1) is 0 Å². The summed E-state index contributed by atoms with van der Waals surface area (Å²) >= 11 is 0. The highest BCUT2D eigenvalue weighted by Crippen LogP contribution is 2.26. The summed E-state index contributed by atoms with van der Waals surface area (Å²) in [5.41, 5.74) is 3.55. The molecule has 3 aromatic carbocycles. The van der Waals surface area contributed by atoms with Crippen LogP contribution >= 0.6 is 0 Å². The summed E-state index contributed by atoms with van der Waals surface area (Å²) in [6.45, 7) is 3.41. The van der Waals surface area contributed by atoms with Crippen LogP contribution in [0.1, 0.15) is 56.2 Å². The minimum absolute atomic E-state index is 0.114. The van der Waals surface area contributed by atoms with E-state index in [0.29, 0.717) is 5.56 Å². The lowest BCUT2D eigenvalue weighted by atomic mass is 9.98. The van der Waals surface area contributed by atoms with Gasteiger partial charge in [0.2, 0.25) is 5.82 Å². The van der Waals surface area contributed by atoms with Gasteiger partial charge in [-0.1, -0.05) is 55.0 Å². The van der Waals surface area contributed by atoms with Crippen LogP contribution in [0, 0.1) is 17.5 Å². The molecule has 0 N–H and O–H groups in total. The molecule has 0 amide bonds. The summed E-state index contributed by atoms with van der Waals surface area (Å²) in [4.78, 5) is 0. The van der Waals surface area contributed by atoms with Crippen LogP contribution in [0.15, 0.2) is 66.5 Å². The van der Waals surface area contributed by atoms with E-state index in [-0.39, 0.29) is 42.4 Å². The lowest BCUT2D eigenvalue weighted by Gasteiger charge is -2.10. The number of rotatable bonds is 12. The average molecular weight is 485 g/mol. The second kappa shape index (κ2) is 13.1. The number of hydrogen-bond donors (Lipinski definition) is 0. The second-order valence-electron chi connectivity index (χ2n) is 8.68. The van der Waals surface area contributed by atoms with E-state index in [1.165, 1.54) is 30.7 Å². The van der Waals surface area contributed by atoms with Crippen LogP contribution in [0.5, 0.6) is 5.75 Å². The summed E-state index contributed by atoms with van der Waals surface area (Å²) in [6, 6.07) is 16.0.